The van der Waals surface area contributed by atoms with Crippen LogP contribution >= 0.6 is 0 Å². The van der Waals surface area contributed by atoms with Crippen molar-refractivity contribution in [1.82, 2.24) is 5.32 Å². The molecular weight excluding hydrogens is 310 g/mol. The molecule has 0 radical (unpaired) electrons. The van der Waals surface area contributed by atoms with Crippen LogP contribution in [0.5, 0.6) is 23.0 Å². The summed E-state index contributed by atoms with van der Waals surface area (Å²) in [7, 11) is 3.24. The van der Waals surface area contributed by atoms with Crippen LogP contribution < -0.4 is 24.3 Å². The van der Waals surface area contributed by atoms with E-state index in [0.29, 0.717) is 30.0 Å². The van der Waals surface area contributed by atoms with Gasteiger partial charge in [-0.2, -0.15) is 0 Å². The van der Waals surface area contributed by atoms with Crippen LogP contribution in [-0.2, 0) is 6.42 Å². The Balaban J connectivity index is 1.65. The predicted molar refractivity (Wildman–Crippen MR) is 88.1 cm³/mol. The Labute approximate surface area is 140 Å². The molecule has 0 fully saturated rings. The molecule has 1 heterocycles. The highest BCUT2D eigenvalue weighted by atomic mass is 16.7. The third kappa shape index (κ3) is 3.22. The van der Waals surface area contributed by atoms with Crippen molar-refractivity contribution in [3.05, 3.63) is 47.5 Å². The van der Waals surface area contributed by atoms with Gasteiger partial charge in [0, 0.05) is 6.54 Å². The lowest BCUT2D eigenvalue weighted by Gasteiger charge is -2.11. The van der Waals surface area contributed by atoms with Crippen LogP contribution in [0.1, 0.15) is 15.9 Å². The minimum absolute atomic E-state index is 0.140. The van der Waals surface area contributed by atoms with Gasteiger partial charge in [-0.3, -0.25) is 4.79 Å². The van der Waals surface area contributed by atoms with E-state index in [1.54, 1.807) is 32.4 Å². The van der Waals surface area contributed by atoms with Gasteiger partial charge in [0.05, 0.1) is 19.8 Å². The van der Waals surface area contributed by atoms with Crippen LogP contribution in [0.15, 0.2) is 36.4 Å². The zero-order valence-electron chi connectivity index (χ0n) is 13.6. The first-order valence-corrected chi connectivity index (χ1v) is 7.60. The van der Waals surface area contributed by atoms with Gasteiger partial charge in [0.1, 0.15) is 11.5 Å². The van der Waals surface area contributed by atoms with Gasteiger partial charge in [-0.05, 0) is 42.3 Å². The number of amides is 1. The van der Waals surface area contributed by atoms with Crippen LogP contribution in [-0.4, -0.2) is 33.5 Å². The number of rotatable bonds is 6. The molecule has 1 aliphatic rings. The molecule has 0 bridgehead atoms. The average Bonchev–Trinajstić information content (AvgIpc) is 3.10. The first kappa shape index (κ1) is 16.0. The van der Waals surface area contributed by atoms with Gasteiger partial charge in [0.2, 0.25) is 6.79 Å². The number of ether oxygens (including phenoxy) is 4. The maximum Gasteiger partial charge on any atom is 0.255 e. The van der Waals surface area contributed by atoms with Gasteiger partial charge in [-0.1, -0.05) is 6.07 Å². The fourth-order valence-corrected chi connectivity index (χ4v) is 2.59. The van der Waals surface area contributed by atoms with Gasteiger partial charge in [-0.25, -0.2) is 0 Å². The van der Waals surface area contributed by atoms with Crippen molar-refractivity contribution in [2.45, 2.75) is 6.42 Å². The summed E-state index contributed by atoms with van der Waals surface area (Å²) in [6, 6.07) is 10.9. The molecule has 1 N–H and O–H groups in total. The van der Waals surface area contributed by atoms with Crippen molar-refractivity contribution in [3.8, 4) is 23.0 Å². The predicted octanol–water partition coefficient (Wildman–Crippen LogP) is 2.41. The topological polar surface area (TPSA) is 66.0 Å². The molecule has 24 heavy (non-hydrogen) atoms. The van der Waals surface area contributed by atoms with Crippen molar-refractivity contribution in [3.63, 3.8) is 0 Å². The van der Waals surface area contributed by atoms with E-state index in [1.165, 1.54) is 0 Å². The average molecular weight is 329 g/mol. The van der Waals surface area contributed by atoms with Crippen LogP contribution in [0, 0.1) is 0 Å². The van der Waals surface area contributed by atoms with Gasteiger partial charge < -0.3 is 24.3 Å². The lowest BCUT2D eigenvalue weighted by molar-refractivity contribution is 0.0949. The Morgan fingerprint density at radius 3 is 2.83 bits per heavy atom. The van der Waals surface area contributed by atoms with Crippen LogP contribution in [0.3, 0.4) is 0 Å². The molecule has 6 heteroatoms. The molecule has 0 atom stereocenters. The second kappa shape index (κ2) is 7.12. The van der Waals surface area contributed by atoms with Crippen molar-refractivity contribution < 1.29 is 23.7 Å². The summed E-state index contributed by atoms with van der Waals surface area (Å²) in [6.45, 7) is 0.605. The number of nitrogens with one attached hydrogen (secondary N) is 1. The fourth-order valence-electron chi connectivity index (χ4n) is 2.59. The van der Waals surface area contributed by atoms with E-state index in [9.17, 15) is 4.79 Å². The summed E-state index contributed by atoms with van der Waals surface area (Å²) in [5.41, 5.74) is 1.44. The minimum atomic E-state index is -0.195. The zero-order valence-corrected chi connectivity index (χ0v) is 13.6. The van der Waals surface area contributed by atoms with E-state index in [1.807, 2.05) is 18.2 Å². The molecule has 2 aromatic rings. The quantitative estimate of drug-likeness (QED) is 0.881. The molecule has 1 aliphatic heterocycles. The Bertz CT molecular complexity index is 744. The Kier molecular flexibility index (Phi) is 4.74. The largest absolute Gasteiger partial charge is 0.497 e. The number of carbonyl (C=O) groups is 1. The first-order valence-electron chi connectivity index (χ1n) is 7.60. The second-order valence-electron chi connectivity index (χ2n) is 5.22. The number of methoxy groups -OCH3 is 2. The number of hydrogen-bond donors (Lipinski definition) is 1. The molecule has 1 amide bonds. The highest BCUT2D eigenvalue weighted by molar-refractivity contribution is 5.97. The molecule has 0 spiro atoms. The fraction of sp³-hybridized carbons (Fsp3) is 0.278. The van der Waals surface area contributed by atoms with Crippen molar-refractivity contribution in [2.24, 2.45) is 0 Å². The Hall–Kier alpha value is -2.89. The maximum absolute atomic E-state index is 12.4. The minimum Gasteiger partial charge on any atom is -0.497 e. The van der Waals surface area contributed by atoms with Gasteiger partial charge >= 0.3 is 0 Å². The standard InChI is InChI=1S/C18H19NO5/c1-21-13-6-7-15(22-2)12(10-13)8-9-19-18(20)14-4-3-5-16-17(14)24-11-23-16/h3-7,10H,8-9,11H2,1-2H3,(H,19,20). The summed E-state index contributed by atoms with van der Waals surface area (Å²) < 4.78 is 21.2. The number of fused-ring (bicyclic) bond motifs is 1. The van der Waals surface area contributed by atoms with Crippen LogP contribution in [0.25, 0.3) is 0 Å². The number of carbonyl (C=O) groups excluding carboxylic acids is 1. The third-order valence-electron chi connectivity index (χ3n) is 3.81. The molecule has 0 saturated heterocycles. The summed E-state index contributed by atoms with van der Waals surface area (Å²) >= 11 is 0. The van der Waals surface area contributed by atoms with Gasteiger partial charge in [0.25, 0.3) is 5.91 Å². The molecule has 6 nitrogen and oxygen atoms in total. The number of benzene rings is 2. The monoisotopic (exact) mass is 329 g/mol. The molecule has 126 valence electrons. The summed E-state index contributed by atoms with van der Waals surface area (Å²) in [5.74, 6) is 2.41. The second-order valence-corrected chi connectivity index (χ2v) is 5.22. The van der Waals surface area contributed by atoms with E-state index in [0.717, 1.165) is 17.1 Å². The first-order chi connectivity index (χ1) is 11.7. The number of hydrogen-bond acceptors (Lipinski definition) is 5. The highest BCUT2D eigenvalue weighted by Crippen LogP contribution is 2.35. The highest BCUT2D eigenvalue weighted by Gasteiger charge is 2.21. The van der Waals surface area contributed by atoms with Crippen molar-refractivity contribution >= 4 is 5.91 Å². The number of para-hydroxylation sites is 1. The Morgan fingerprint density at radius 2 is 2.04 bits per heavy atom. The summed E-state index contributed by atoms with van der Waals surface area (Å²) in [4.78, 5) is 12.4. The van der Waals surface area contributed by atoms with Crippen LogP contribution in [0.4, 0.5) is 0 Å². The van der Waals surface area contributed by atoms with E-state index in [-0.39, 0.29) is 12.7 Å². The van der Waals surface area contributed by atoms with Crippen molar-refractivity contribution in [2.75, 3.05) is 27.6 Å². The lowest BCUT2D eigenvalue weighted by Crippen LogP contribution is -2.26. The van der Waals surface area contributed by atoms with Gasteiger partial charge in [0.15, 0.2) is 11.5 Å². The van der Waals surface area contributed by atoms with Gasteiger partial charge in [-0.15, -0.1) is 0 Å². The third-order valence-corrected chi connectivity index (χ3v) is 3.81. The normalized spacial score (nSPS) is 11.9. The lowest BCUT2D eigenvalue weighted by atomic mass is 10.1. The summed E-state index contributed by atoms with van der Waals surface area (Å²) in [5, 5.41) is 2.90. The molecule has 3 rings (SSSR count). The molecule has 0 aliphatic carbocycles. The zero-order chi connectivity index (χ0) is 16.9. The molecule has 0 unspecified atom stereocenters. The molecular formula is C18H19NO5. The van der Waals surface area contributed by atoms with Crippen molar-refractivity contribution in [1.29, 1.82) is 0 Å². The maximum atomic E-state index is 12.4. The summed E-state index contributed by atoms with van der Waals surface area (Å²) in [6.07, 6.45) is 0.624. The van der Waals surface area contributed by atoms with E-state index < -0.39 is 0 Å². The smallest absolute Gasteiger partial charge is 0.255 e. The molecule has 2 aromatic carbocycles. The SMILES string of the molecule is COc1ccc(OC)c(CCNC(=O)c2cccc3c2OCO3)c1. The van der Waals surface area contributed by atoms with Crippen LogP contribution in [0.2, 0.25) is 0 Å². The van der Waals surface area contributed by atoms with E-state index >= 15 is 0 Å². The Morgan fingerprint density at radius 1 is 1.17 bits per heavy atom. The molecule has 0 aromatic heterocycles. The van der Waals surface area contributed by atoms with E-state index in [2.05, 4.69) is 5.32 Å². The van der Waals surface area contributed by atoms with E-state index in [4.69, 9.17) is 18.9 Å². The molecule has 0 saturated carbocycles.